The van der Waals surface area contributed by atoms with Gasteiger partial charge >= 0.3 is 0 Å². The maximum Gasteiger partial charge on any atom is 0.0701 e. The van der Waals surface area contributed by atoms with Crippen LogP contribution in [0.25, 0.3) is 0 Å². The van der Waals surface area contributed by atoms with Crippen molar-refractivity contribution in [1.82, 2.24) is 5.32 Å². The Morgan fingerprint density at radius 3 is 2.20 bits per heavy atom. The van der Waals surface area contributed by atoms with E-state index >= 15 is 0 Å². The van der Waals surface area contributed by atoms with Gasteiger partial charge in [0.05, 0.1) is 33.0 Å². The molecule has 0 amide bonds. The van der Waals surface area contributed by atoms with Crippen molar-refractivity contribution < 1.29 is 19.3 Å². The Kier molecular flexibility index (Phi) is 10.2. The lowest BCUT2D eigenvalue weighted by atomic mass is 9.85. The molecule has 5 heteroatoms. The van der Waals surface area contributed by atoms with E-state index in [1.54, 1.807) is 0 Å². The molecule has 0 aromatic carbocycles. The molecule has 20 heavy (non-hydrogen) atoms. The number of nitrogens with one attached hydrogen (secondary N) is 1. The van der Waals surface area contributed by atoms with E-state index in [1.807, 2.05) is 0 Å². The minimum atomic E-state index is 0.0357. The molecule has 1 rings (SSSR count). The van der Waals surface area contributed by atoms with Crippen LogP contribution in [0.3, 0.4) is 0 Å². The van der Waals surface area contributed by atoms with Gasteiger partial charge in [0.25, 0.3) is 0 Å². The lowest BCUT2D eigenvalue weighted by molar-refractivity contribution is 0.00477. The smallest absolute Gasteiger partial charge is 0.0701 e. The molecule has 1 saturated heterocycles. The highest BCUT2D eigenvalue weighted by Crippen LogP contribution is 2.28. The fourth-order valence-corrected chi connectivity index (χ4v) is 2.30. The third kappa shape index (κ3) is 7.55. The fourth-order valence-electron chi connectivity index (χ4n) is 2.30. The number of aliphatic hydroxyl groups excluding tert-OH is 1. The van der Waals surface area contributed by atoms with Crippen LogP contribution in [0.5, 0.6) is 0 Å². The molecular formula is C15H31NO4. The zero-order chi connectivity index (χ0) is 14.5. The predicted octanol–water partition coefficient (Wildman–Crippen LogP) is 1.20. The molecule has 5 nitrogen and oxygen atoms in total. The quantitative estimate of drug-likeness (QED) is 0.499. The van der Waals surface area contributed by atoms with Crippen LogP contribution >= 0.6 is 0 Å². The van der Waals surface area contributed by atoms with E-state index in [9.17, 15) is 5.11 Å². The van der Waals surface area contributed by atoms with Crippen molar-refractivity contribution in [3.8, 4) is 0 Å². The minimum Gasteiger partial charge on any atom is -0.396 e. The van der Waals surface area contributed by atoms with Gasteiger partial charge in [0, 0.05) is 25.2 Å². The topological polar surface area (TPSA) is 60.0 Å². The summed E-state index contributed by atoms with van der Waals surface area (Å²) in [5, 5.41) is 12.7. The highest BCUT2D eigenvalue weighted by molar-refractivity contribution is 4.86. The van der Waals surface area contributed by atoms with E-state index < -0.39 is 0 Å². The highest BCUT2D eigenvalue weighted by atomic mass is 16.5. The maximum atomic E-state index is 9.44. The largest absolute Gasteiger partial charge is 0.396 e. The van der Waals surface area contributed by atoms with E-state index in [0.29, 0.717) is 33.0 Å². The van der Waals surface area contributed by atoms with Crippen LogP contribution < -0.4 is 5.32 Å². The van der Waals surface area contributed by atoms with Crippen LogP contribution in [0.15, 0.2) is 0 Å². The zero-order valence-electron chi connectivity index (χ0n) is 12.9. The summed E-state index contributed by atoms with van der Waals surface area (Å²) < 4.78 is 16.4. The number of rotatable bonds is 13. The average molecular weight is 289 g/mol. The summed E-state index contributed by atoms with van der Waals surface area (Å²) in [7, 11) is 0. The normalized spacial score (nSPS) is 22.5. The third-order valence-corrected chi connectivity index (χ3v) is 3.83. The second kappa shape index (κ2) is 11.5. The average Bonchev–Trinajstić information content (AvgIpc) is 2.94. The molecule has 1 heterocycles. The Morgan fingerprint density at radius 2 is 1.65 bits per heavy atom. The Bertz CT molecular complexity index is 220. The molecule has 0 radical (unpaired) electrons. The summed E-state index contributed by atoms with van der Waals surface area (Å²) in [5.74, 6) is 0. The first-order chi connectivity index (χ1) is 9.83. The molecule has 1 fully saturated rings. The van der Waals surface area contributed by atoms with Crippen molar-refractivity contribution in [3.05, 3.63) is 0 Å². The standard InChI is InChI=1S/C15H31NO4/c1-2-3-7-18-9-11-20-12-10-19-8-5-15(14-17)4-6-16-13-15/h16-17H,2-14H2,1H3. The van der Waals surface area contributed by atoms with Gasteiger partial charge in [0.15, 0.2) is 0 Å². The van der Waals surface area contributed by atoms with Gasteiger partial charge in [-0.3, -0.25) is 0 Å². The summed E-state index contributed by atoms with van der Waals surface area (Å²) in [5.41, 5.74) is 0.0357. The van der Waals surface area contributed by atoms with E-state index in [-0.39, 0.29) is 12.0 Å². The van der Waals surface area contributed by atoms with Crippen LogP contribution in [0, 0.1) is 5.41 Å². The van der Waals surface area contributed by atoms with Crippen molar-refractivity contribution in [2.45, 2.75) is 32.6 Å². The molecule has 0 aromatic rings. The van der Waals surface area contributed by atoms with Gasteiger partial charge in [-0.15, -0.1) is 0 Å². The molecule has 0 saturated carbocycles. The molecule has 0 aromatic heterocycles. The Morgan fingerprint density at radius 1 is 1.00 bits per heavy atom. The van der Waals surface area contributed by atoms with Gasteiger partial charge in [0.1, 0.15) is 0 Å². The summed E-state index contributed by atoms with van der Waals surface area (Å²) in [4.78, 5) is 0. The van der Waals surface area contributed by atoms with Crippen LogP contribution in [0.1, 0.15) is 32.6 Å². The fraction of sp³-hybridized carbons (Fsp3) is 1.00. The number of unbranched alkanes of at least 4 members (excludes halogenated alkanes) is 1. The number of hydrogen-bond acceptors (Lipinski definition) is 5. The first-order valence-electron chi connectivity index (χ1n) is 7.88. The lowest BCUT2D eigenvalue weighted by Gasteiger charge is -2.25. The number of aliphatic hydroxyl groups is 1. The van der Waals surface area contributed by atoms with E-state index in [4.69, 9.17) is 14.2 Å². The molecule has 1 atom stereocenters. The first kappa shape index (κ1) is 17.9. The second-order valence-electron chi connectivity index (χ2n) is 5.53. The van der Waals surface area contributed by atoms with Crippen molar-refractivity contribution in [2.75, 3.05) is 59.3 Å². The van der Waals surface area contributed by atoms with Gasteiger partial charge in [-0.2, -0.15) is 0 Å². The van der Waals surface area contributed by atoms with Crippen molar-refractivity contribution in [3.63, 3.8) is 0 Å². The molecular weight excluding hydrogens is 258 g/mol. The third-order valence-electron chi connectivity index (χ3n) is 3.83. The number of ether oxygens (including phenoxy) is 3. The van der Waals surface area contributed by atoms with Crippen LogP contribution in [0.2, 0.25) is 0 Å². The Balaban J connectivity index is 1.83. The summed E-state index contributed by atoms with van der Waals surface area (Å²) >= 11 is 0. The molecule has 0 spiro atoms. The SMILES string of the molecule is CCCCOCCOCCOCCC1(CO)CCNC1. The van der Waals surface area contributed by atoms with Gasteiger partial charge in [-0.05, 0) is 25.8 Å². The number of hydrogen-bond donors (Lipinski definition) is 2. The second-order valence-corrected chi connectivity index (χ2v) is 5.53. The molecule has 1 aliphatic rings. The molecule has 1 aliphatic heterocycles. The Labute approximate surface area is 123 Å². The van der Waals surface area contributed by atoms with E-state index in [1.165, 1.54) is 6.42 Å². The minimum absolute atomic E-state index is 0.0357. The maximum absolute atomic E-state index is 9.44. The molecule has 1 unspecified atom stereocenters. The molecule has 0 aliphatic carbocycles. The summed E-state index contributed by atoms with van der Waals surface area (Å²) in [6.45, 7) is 8.35. The lowest BCUT2D eigenvalue weighted by Crippen LogP contribution is -2.29. The Hall–Kier alpha value is -0.200. The highest BCUT2D eigenvalue weighted by Gasteiger charge is 2.32. The van der Waals surface area contributed by atoms with Crippen molar-refractivity contribution >= 4 is 0 Å². The van der Waals surface area contributed by atoms with Gasteiger partial charge < -0.3 is 24.6 Å². The molecule has 0 bridgehead atoms. The van der Waals surface area contributed by atoms with Crippen LogP contribution in [-0.4, -0.2) is 64.4 Å². The predicted molar refractivity (Wildman–Crippen MR) is 79.0 cm³/mol. The summed E-state index contributed by atoms with van der Waals surface area (Å²) in [6.07, 6.45) is 4.24. The van der Waals surface area contributed by atoms with Gasteiger partial charge in [0.2, 0.25) is 0 Å². The zero-order valence-corrected chi connectivity index (χ0v) is 12.9. The van der Waals surface area contributed by atoms with Crippen molar-refractivity contribution in [1.29, 1.82) is 0 Å². The van der Waals surface area contributed by atoms with Gasteiger partial charge in [-0.25, -0.2) is 0 Å². The van der Waals surface area contributed by atoms with Crippen molar-refractivity contribution in [2.24, 2.45) is 5.41 Å². The van der Waals surface area contributed by atoms with Gasteiger partial charge in [-0.1, -0.05) is 13.3 Å². The van der Waals surface area contributed by atoms with E-state index in [2.05, 4.69) is 12.2 Å². The van der Waals surface area contributed by atoms with E-state index in [0.717, 1.165) is 39.0 Å². The summed E-state index contributed by atoms with van der Waals surface area (Å²) in [6, 6.07) is 0. The first-order valence-corrected chi connectivity index (χ1v) is 7.88. The monoisotopic (exact) mass is 289 g/mol. The van der Waals surface area contributed by atoms with Crippen LogP contribution in [0.4, 0.5) is 0 Å². The molecule has 2 N–H and O–H groups in total. The van der Waals surface area contributed by atoms with Crippen LogP contribution in [-0.2, 0) is 14.2 Å². The molecule has 120 valence electrons.